The minimum absolute atomic E-state index is 0.459. The van der Waals surface area contributed by atoms with Crippen LogP contribution >= 0.6 is 0 Å². The van der Waals surface area contributed by atoms with Crippen molar-refractivity contribution in [1.82, 2.24) is 9.97 Å². The van der Waals surface area contributed by atoms with Gasteiger partial charge in [-0.15, -0.1) is 0 Å². The fourth-order valence-corrected chi connectivity index (χ4v) is 2.24. The number of hydrogen-bond acceptors (Lipinski definition) is 6. The van der Waals surface area contributed by atoms with Crippen LogP contribution in [0.25, 0.3) is 0 Å². The maximum atomic E-state index is 5.92. The van der Waals surface area contributed by atoms with Gasteiger partial charge in [0.1, 0.15) is 12.0 Å². The molecule has 6 N–H and O–H groups in total. The van der Waals surface area contributed by atoms with Gasteiger partial charge in [-0.2, -0.15) is 0 Å². The maximum Gasteiger partial charge on any atom is 0.168 e. The summed E-state index contributed by atoms with van der Waals surface area (Å²) in [4.78, 5) is 8.13. The Labute approximate surface area is 101 Å². The lowest BCUT2D eigenvalue weighted by molar-refractivity contribution is 0.618. The molecule has 1 aliphatic carbocycles. The van der Waals surface area contributed by atoms with Crippen molar-refractivity contribution in [2.45, 2.75) is 44.6 Å². The Hall–Kier alpha value is -1.56. The molecule has 1 fully saturated rings. The number of rotatable bonds is 3. The van der Waals surface area contributed by atoms with Crippen LogP contribution < -0.4 is 22.3 Å². The van der Waals surface area contributed by atoms with Gasteiger partial charge in [-0.25, -0.2) is 15.8 Å². The molecule has 1 aromatic rings. The van der Waals surface area contributed by atoms with Crippen molar-refractivity contribution >= 4 is 17.3 Å². The van der Waals surface area contributed by atoms with Crippen LogP contribution in [0.3, 0.4) is 0 Å². The van der Waals surface area contributed by atoms with E-state index in [9.17, 15) is 0 Å². The zero-order valence-corrected chi connectivity index (χ0v) is 9.95. The third kappa shape index (κ3) is 2.97. The van der Waals surface area contributed by atoms with E-state index in [4.69, 9.17) is 11.6 Å². The first-order valence-electron chi connectivity index (χ1n) is 6.15. The highest BCUT2D eigenvalue weighted by atomic mass is 15.3. The highest BCUT2D eigenvalue weighted by Crippen LogP contribution is 2.25. The Morgan fingerprint density at radius 3 is 2.35 bits per heavy atom. The quantitative estimate of drug-likeness (QED) is 0.360. The minimum atomic E-state index is 0.459. The van der Waals surface area contributed by atoms with E-state index in [1.165, 1.54) is 44.9 Å². The van der Waals surface area contributed by atoms with Crippen LogP contribution in [0.1, 0.15) is 38.5 Å². The van der Waals surface area contributed by atoms with Crippen LogP contribution in [-0.4, -0.2) is 16.0 Å². The SMILES string of the molecule is NNc1ncnc(NC2CCCCCC2)c1N. The molecule has 1 aliphatic rings. The van der Waals surface area contributed by atoms with E-state index >= 15 is 0 Å². The van der Waals surface area contributed by atoms with Crippen LogP contribution in [0, 0.1) is 0 Å². The lowest BCUT2D eigenvalue weighted by Gasteiger charge is -2.18. The summed E-state index contributed by atoms with van der Waals surface area (Å²) in [7, 11) is 0. The second kappa shape index (κ2) is 5.67. The zero-order valence-electron chi connectivity index (χ0n) is 9.95. The molecule has 0 unspecified atom stereocenters. The third-order valence-corrected chi connectivity index (χ3v) is 3.22. The summed E-state index contributed by atoms with van der Waals surface area (Å²) < 4.78 is 0. The molecule has 1 saturated carbocycles. The van der Waals surface area contributed by atoms with Gasteiger partial charge in [0, 0.05) is 6.04 Å². The molecule has 0 atom stereocenters. The van der Waals surface area contributed by atoms with Crippen molar-refractivity contribution in [3.63, 3.8) is 0 Å². The molecule has 0 radical (unpaired) electrons. The van der Waals surface area contributed by atoms with E-state index in [2.05, 4.69) is 20.7 Å². The normalized spacial score (nSPS) is 17.5. The number of anilines is 3. The summed E-state index contributed by atoms with van der Waals surface area (Å²) in [6.45, 7) is 0. The number of hydrazine groups is 1. The Morgan fingerprint density at radius 2 is 1.71 bits per heavy atom. The van der Waals surface area contributed by atoms with E-state index in [1.807, 2.05) is 0 Å². The highest BCUT2D eigenvalue weighted by Gasteiger charge is 2.15. The molecule has 6 nitrogen and oxygen atoms in total. The van der Waals surface area contributed by atoms with Crippen molar-refractivity contribution < 1.29 is 0 Å². The van der Waals surface area contributed by atoms with Crippen molar-refractivity contribution in [2.24, 2.45) is 5.84 Å². The molecule has 1 aromatic heterocycles. The fraction of sp³-hybridized carbons (Fsp3) is 0.636. The van der Waals surface area contributed by atoms with Gasteiger partial charge in [0.25, 0.3) is 0 Å². The van der Waals surface area contributed by atoms with Crippen molar-refractivity contribution in [3.05, 3.63) is 6.33 Å². The highest BCUT2D eigenvalue weighted by molar-refractivity contribution is 5.73. The smallest absolute Gasteiger partial charge is 0.168 e. The van der Waals surface area contributed by atoms with Gasteiger partial charge in [0.15, 0.2) is 11.6 Å². The summed E-state index contributed by atoms with van der Waals surface area (Å²) in [5, 5.41) is 3.39. The van der Waals surface area contributed by atoms with Crippen molar-refractivity contribution in [3.8, 4) is 0 Å². The van der Waals surface area contributed by atoms with Crippen LogP contribution in [0.15, 0.2) is 6.33 Å². The predicted molar refractivity (Wildman–Crippen MR) is 69.4 cm³/mol. The Bertz CT molecular complexity index is 359. The average molecular weight is 236 g/mol. The van der Waals surface area contributed by atoms with Crippen molar-refractivity contribution in [2.75, 3.05) is 16.5 Å². The number of nitrogens with two attached hydrogens (primary N) is 2. The number of nitrogens with one attached hydrogen (secondary N) is 2. The third-order valence-electron chi connectivity index (χ3n) is 3.22. The van der Waals surface area contributed by atoms with Gasteiger partial charge in [-0.05, 0) is 12.8 Å². The molecule has 0 amide bonds. The van der Waals surface area contributed by atoms with E-state index in [-0.39, 0.29) is 0 Å². The average Bonchev–Trinajstić information content (AvgIpc) is 2.60. The summed E-state index contributed by atoms with van der Waals surface area (Å²) in [6, 6.07) is 0.459. The number of nitrogens with zero attached hydrogens (tertiary/aromatic N) is 2. The van der Waals surface area contributed by atoms with Gasteiger partial charge < -0.3 is 16.5 Å². The molecule has 0 aromatic carbocycles. The molecule has 0 saturated heterocycles. The van der Waals surface area contributed by atoms with Gasteiger partial charge in [-0.1, -0.05) is 25.7 Å². The van der Waals surface area contributed by atoms with E-state index in [0.717, 1.165) is 0 Å². The number of aromatic nitrogens is 2. The molecule has 6 heteroatoms. The summed E-state index contributed by atoms with van der Waals surface area (Å²) in [5.74, 6) is 6.48. The Kier molecular flexibility index (Phi) is 3.98. The fourth-order valence-electron chi connectivity index (χ4n) is 2.24. The first-order chi connectivity index (χ1) is 8.31. The van der Waals surface area contributed by atoms with E-state index in [0.29, 0.717) is 23.4 Å². The first kappa shape index (κ1) is 11.9. The van der Waals surface area contributed by atoms with Crippen LogP contribution in [0.2, 0.25) is 0 Å². The molecule has 94 valence electrons. The maximum absolute atomic E-state index is 5.92. The molecule has 0 spiro atoms. The van der Waals surface area contributed by atoms with Gasteiger partial charge >= 0.3 is 0 Å². The lowest BCUT2D eigenvalue weighted by Crippen LogP contribution is -2.21. The van der Waals surface area contributed by atoms with Gasteiger partial charge in [0.2, 0.25) is 0 Å². The molecule has 1 heterocycles. The standard InChI is InChI=1S/C11H20N6/c12-9-10(14-7-15-11(9)17-13)16-8-5-3-1-2-4-6-8/h7-8H,1-6,12-13H2,(H2,14,15,16,17). The molecular weight excluding hydrogens is 216 g/mol. The molecule has 0 aliphatic heterocycles. The lowest BCUT2D eigenvalue weighted by atomic mass is 10.1. The molecule has 2 rings (SSSR count). The second-order valence-electron chi connectivity index (χ2n) is 4.46. The monoisotopic (exact) mass is 236 g/mol. The van der Waals surface area contributed by atoms with Crippen LogP contribution in [0.4, 0.5) is 17.3 Å². The van der Waals surface area contributed by atoms with Gasteiger partial charge in [-0.3, -0.25) is 0 Å². The topological polar surface area (TPSA) is 102 Å². The predicted octanol–water partition coefficient (Wildman–Crippen LogP) is 1.48. The minimum Gasteiger partial charge on any atom is -0.393 e. The summed E-state index contributed by atoms with van der Waals surface area (Å²) in [5.41, 5.74) is 8.87. The Balaban J connectivity index is 2.06. The van der Waals surface area contributed by atoms with Crippen molar-refractivity contribution in [1.29, 1.82) is 0 Å². The zero-order chi connectivity index (χ0) is 12.1. The van der Waals surface area contributed by atoms with Crippen LogP contribution in [-0.2, 0) is 0 Å². The molecule has 0 bridgehead atoms. The molecular formula is C11H20N6. The number of nitrogen functional groups attached to an aromatic ring is 2. The Morgan fingerprint density at radius 1 is 1.06 bits per heavy atom. The second-order valence-corrected chi connectivity index (χ2v) is 4.46. The van der Waals surface area contributed by atoms with Gasteiger partial charge in [0.05, 0.1) is 0 Å². The van der Waals surface area contributed by atoms with E-state index < -0.39 is 0 Å². The largest absolute Gasteiger partial charge is 0.393 e. The van der Waals surface area contributed by atoms with Crippen LogP contribution in [0.5, 0.6) is 0 Å². The summed E-state index contributed by atoms with van der Waals surface area (Å²) >= 11 is 0. The number of hydrogen-bond donors (Lipinski definition) is 4. The summed E-state index contributed by atoms with van der Waals surface area (Å²) in [6.07, 6.45) is 9.00. The van der Waals surface area contributed by atoms with E-state index in [1.54, 1.807) is 0 Å². The molecule has 17 heavy (non-hydrogen) atoms. The first-order valence-corrected chi connectivity index (χ1v) is 6.15.